The maximum absolute atomic E-state index is 14.5. The van der Waals surface area contributed by atoms with Crippen LogP contribution >= 0.6 is 11.6 Å². The standard InChI is InChI=1S/C30H23ClFNO5/c1-13-6-7-15(11-21(13)31)33-29(37)18-9-8-16-19(25(18)30(33)38)12-20-26(23(34)10-14(2)27(20)35)24(16)17-4-3-5-22(32)28(17)36/h3-8,10-11,18-19,24-25,36H,9,12H2,1-2H3. The first kappa shape index (κ1) is 24.5. The highest BCUT2D eigenvalue weighted by Crippen LogP contribution is 2.56. The van der Waals surface area contributed by atoms with Crippen LogP contribution in [0.3, 0.4) is 0 Å². The number of fused-ring (bicyclic) bond motifs is 3. The van der Waals surface area contributed by atoms with Gasteiger partial charge in [0.25, 0.3) is 0 Å². The first-order valence-corrected chi connectivity index (χ1v) is 12.8. The fourth-order valence-electron chi connectivity index (χ4n) is 6.48. The first-order chi connectivity index (χ1) is 18.1. The summed E-state index contributed by atoms with van der Waals surface area (Å²) in [4.78, 5) is 55.1. The molecular formula is C30H23ClFNO5. The second-order valence-electron chi connectivity index (χ2n) is 10.4. The van der Waals surface area contributed by atoms with Gasteiger partial charge in [-0.2, -0.15) is 0 Å². The van der Waals surface area contributed by atoms with E-state index in [0.29, 0.717) is 16.3 Å². The zero-order chi connectivity index (χ0) is 27.0. The molecule has 1 aliphatic heterocycles. The summed E-state index contributed by atoms with van der Waals surface area (Å²) in [5, 5.41) is 11.1. The van der Waals surface area contributed by atoms with Crippen molar-refractivity contribution < 1.29 is 28.7 Å². The number of para-hydroxylation sites is 1. The van der Waals surface area contributed by atoms with E-state index in [2.05, 4.69) is 0 Å². The van der Waals surface area contributed by atoms with Gasteiger partial charge >= 0.3 is 0 Å². The molecule has 6 nitrogen and oxygen atoms in total. The van der Waals surface area contributed by atoms with Crippen molar-refractivity contribution in [1.29, 1.82) is 0 Å². The lowest BCUT2D eigenvalue weighted by Gasteiger charge is -2.42. The summed E-state index contributed by atoms with van der Waals surface area (Å²) in [5.41, 5.74) is 2.71. The molecule has 1 fully saturated rings. The van der Waals surface area contributed by atoms with Gasteiger partial charge in [-0.15, -0.1) is 0 Å². The molecule has 0 radical (unpaired) electrons. The SMILES string of the molecule is CC1=CC(=O)C2=C(CC3C(=CCC4C(=O)N(c5ccc(C)c(Cl)c5)C(=O)C43)C2c2cccc(F)c2O)C1=O. The van der Waals surface area contributed by atoms with Crippen molar-refractivity contribution in [2.45, 2.75) is 32.6 Å². The van der Waals surface area contributed by atoms with E-state index in [0.717, 1.165) is 16.5 Å². The van der Waals surface area contributed by atoms with E-state index in [1.807, 2.05) is 13.0 Å². The number of benzene rings is 2. The minimum absolute atomic E-state index is 0.103. The molecule has 1 heterocycles. The minimum Gasteiger partial charge on any atom is -0.505 e. The monoisotopic (exact) mass is 531 g/mol. The number of carbonyl (C=O) groups excluding carboxylic acids is 4. The molecule has 4 atom stereocenters. The van der Waals surface area contributed by atoms with E-state index in [9.17, 15) is 28.7 Å². The van der Waals surface area contributed by atoms with Crippen molar-refractivity contribution in [2.75, 3.05) is 4.90 Å². The zero-order valence-electron chi connectivity index (χ0n) is 20.6. The molecule has 192 valence electrons. The van der Waals surface area contributed by atoms with Crippen LogP contribution in [0, 0.1) is 30.5 Å². The van der Waals surface area contributed by atoms with Crippen molar-refractivity contribution in [3.05, 3.63) is 92.8 Å². The lowest BCUT2D eigenvalue weighted by Crippen LogP contribution is -2.39. The van der Waals surface area contributed by atoms with Crippen molar-refractivity contribution in [3.8, 4) is 5.75 Å². The van der Waals surface area contributed by atoms with Crippen LogP contribution in [-0.4, -0.2) is 28.5 Å². The van der Waals surface area contributed by atoms with Crippen LogP contribution < -0.4 is 4.90 Å². The molecule has 8 heteroatoms. The van der Waals surface area contributed by atoms with E-state index in [1.54, 1.807) is 25.1 Å². The Balaban J connectivity index is 1.50. The molecule has 4 aliphatic rings. The molecular weight excluding hydrogens is 509 g/mol. The number of phenols is 1. The number of nitrogens with zero attached hydrogens (tertiary/aromatic N) is 1. The van der Waals surface area contributed by atoms with Crippen molar-refractivity contribution in [3.63, 3.8) is 0 Å². The Morgan fingerprint density at radius 1 is 1.03 bits per heavy atom. The molecule has 6 rings (SSSR count). The van der Waals surface area contributed by atoms with E-state index in [4.69, 9.17) is 11.6 Å². The molecule has 0 aromatic heterocycles. The summed E-state index contributed by atoms with van der Waals surface area (Å²) in [5.74, 6) is -5.81. The summed E-state index contributed by atoms with van der Waals surface area (Å²) < 4.78 is 14.5. The number of phenolic OH excluding ortho intramolecular Hbond substituents is 1. The lowest BCUT2D eigenvalue weighted by molar-refractivity contribution is -0.123. The number of amides is 2. The first-order valence-electron chi connectivity index (χ1n) is 12.4. The predicted octanol–water partition coefficient (Wildman–Crippen LogP) is 5.13. The minimum atomic E-state index is -0.910. The normalized spacial score (nSPS) is 26.7. The van der Waals surface area contributed by atoms with Crippen molar-refractivity contribution in [1.82, 2.24) is 0 Å². The van der Waals surface area contributed by atoms with Crippen LogP contribution in [0.1, 0.15) is 36.8 Å². The molecule has 0 saturated carbocycles. The largest absolute Gasteiger partial charge is 0.505 e. The van der Waals surface area contributed by atoms with E-state index < -0.39 is 41.1 Å². The third kappa shape index (κ3) is 3.38. The number of imide groups is 1. The highest BCUT2D eigenvalue weighted by Gasteiger charge is 2.56. The number of carbonyl (C=O) groups is 4. The summed E-state index contributed by atoms with van der Waals surface area (Å²) in [6.45, 7) is 3.38. The van der Waals surface area contributed by atoms with E-state index in [1.165, 1.54) is 18.2 Å². The summed E-state index contributed by atoms with van der Waals surface area (Å²) in [6, 6.07) is 9.07. The van der Waals surface area contributed by atoms with Crippen molar-refractivity contribution >= 4 is 40.7 Å². The number of aryl methyl sites for hydroxylation is 1. The number of hydrogen-bond donors (Lipinski definition) is 1. The maximum atomic E-state index is 14.5. The van der Waals surface area contributed by atoms with Crippen molar-refractivity contribution in [2.24, 2.45) is 17.8 Å². The Bertz CT molecular complexity index is 1580. The van der Waals surface area contributed by atoms with Gasteiger partial charge in [0.1, 0.15) is 0 Å². The summed E-state index contributed by atoms with van der Waals surface area (Å²) in [7, 11) is 0. The Kier molecular flexibility index (Phi) is 5.54. The average molecular weight is 532 g/mol. The number of halogens is 2. The predicted molar refractivity (Wildman–Crippen MR) is 138 cm³/mol. The third-order valence-corrected chi connectivity index (χ3v) is 8.71. The van der Waals surface area contributed by atoms with Gasteiger partial charge in [-0.25, -0.2) is 9.29 Å². The van der Waals surface area contributed by atoms with Gasteiger partial charge in [0, 0.05) is 33.2 Å². The van der Waals surface area contributed by atoms with Gasteiger partial charge in [-0.1, -0.05) is 41.4 Å². The Morgan fingerprint density at radius 3 is 2.53 bits per heavy atom. The number of anilines is 1. The molecule has 3 aliphatic carbocycles. The smallest absolute Gasteiger partial charge is 0.238 e. The molecule has 38 heavy (non-hydrogen) atoms. The van der Waals surface area contributed by atoms with Crippen LogP contribution in [0.4, 0.5) is 10.1 Å². The second-order valence-corrected chi connectivity index (χ2v) is 10.8. The van der Waals surface area contributed by atoms with Gasteiger partial charge in [0.15, 0.2) is 23.1 Å². The fraction of sp³-hybridized carbons (Fsp3) is 0.267. The number of ketones is 2. The Labute approximate surface area is 223 Å². The molecule has 2 amide bonds. The quantitative estimate of drug-likeness (QED) is 0.330. The highest BCUT2D eigenvalue weighted by atomic mass is 35.5. The molecule has 1 saturated heterocycles. The number of allylic oxidation sites excluding steroid dienone is 6. The zero-order valence-corrected chi connectivity index (χ0v) is 21.4. The molecule has 4 unspecified atom stereocenters. The fourth-order valence-corrected chi connectivity index (χ4v) is 6.65. The number of hydrogen-bond acceptors (Lipinski definition) is 5. The average Bonchev–Trinajstić information content (AvgIpc) is 3.14. The number of rotatable bonds is 2. The van der Waals surface area contributed by atoms with Crippen LogP contribution in [0.2, 0.25) is 5.02 Å². The van der Waals surface area contributed by atoms with Crippen LogP contribution in [0.15, 0.2) is 70.8 Å². The Hall–Kier alpha value is -3.84. The van der Waals surface area contributed by atoms with Gasteiger partial charge in [-0.3, -0.25) is 19.2 Å². The maximum Gasteiger partial charge on any atom is 0.238 e. The number of Topliss-reactive ketones (excluding diaryl/α,β-unsaturated/α-hetero) is 1. The molecule has 1 N–H and O–H groups in total. The van der Waals surface area contributed by atoms with Gasteiger partial charge in [-0.05, 0) is 62.4 Å². The van der Waals surface area contributed by atoms with E-state index in [-0.39, 0.29) is 52.6 Å². The summed E-state index contributed by atoms with van der Waals surface area (Å²) >= 11 is 6.29. The molecule has 0 bridgehead atoms. The topological polar surface area (TPSA) is 91.8 Å². The van der Waals surface area contributed by atoms with Gasteiger partial charge in [0.2, 0.25) is 11.8 Å². The molecule has 0 spiro atoms. The van der Waals surface area contributed by atoms with E-state index >= 15 is 0 Å². The van der Waals surface area contributed by atoms with Gasteiger partial charge < -0.3 is 5.11 Å². The second kappa shape index (κ2) is 8.60. The Morgan fingerprint density at radius 2 is 1.79 bits per heavy atom. The summed E-state index contributed by atoms with van der Waals surface area (Å²) in [6.07, 6.45) is 3.43. The van der Waals surface area contributed by atoms with Crippen LogP contribution in [0.25, 0.3) is 0 Å². The van der Waals surface area contributed by atoms with Crippen LogP contribution in [0.5, 0.6) is 5.75 Å². The third-order valence-electron chi connectivity index (χ3n) is 8.30. The molecule has 2 aromatic rings. The lowest BCUT2D eigenvalue weighted by atomic mass is 9.59. The number of aromatic hydroxyl groups is 1. The van der Waals surface area contributed by atoms with Crippen LogP contribution in [-0.2, 0) is 19.2 Å². The highest BCUT2D eigenvalue weighted by molar-refractivity contribution is 6.32. The van der Waals surface area contributed by atoms with Gasteiger partial charge in [0.05, 0.1) is 17.5 Å². The molecule has 2 aromatic carbocycles.